The van der Waals surface area contributed by atoms with Crippen LogP contribution in [-0.2, 0) is 9.53 Å². The van der Waals surface area contributed by atoms with Gasteiger partial charge in [0.1, 0.15) is 11.9 Å². The molecule has 1 amide bonds. The molecule has 0 spiro atoms. The third-order valence-electron chi connectivity index (χ3n) is 2.07. The van der Waals surface area contributed by atoms with E-state index >= 15 is 0 Å². The van der Waals surface area contributed by atoms with Gasteiger partial charge in [0.05, 0.1) is 12.2 Å². The van der Waals surface area contributed by atoms with Crippen molar-refractivity contribution in [1.29, 1.82) is 0 Å². The Kier molecular flexibility index (Phi) is 4.45. The van der Waals surface area contributed by atoms with E-state index in [9.17, 15) is 9.59 Å². The predicted molar refractivity (Wildman–Crippen MR) is 62.5 cm³/mol. The number of hydrogen-bond donors (Lipinski definition) is 2. The van der Waals surface area contributed by atoms with Gasteiger partial charge in [-0.2, -0.15) is 0 Å². The van der Waals surface area contributed by atoms with Crippen LogP contribution in [0.5, 0.6) is 0 Å². The number of primary amides is 1. The summed E-state index contributed by atoms with van der Waals surface area (Å²) < 4.78 is 4.81. The van der Waals surface area contributed by atoms with Crippen LogP contribution >= 0.6 is 0 Å². The van der Waals surface area contributed by atoms with Gasteiger partial charge in [-0.1, -0.05) is 0 Å². The minimum Gasteiger partial charge on any atom is -0.462 e. The average molecular weight is 237 g/mol. The van der Waals surface area contributed by atoms with E-state index in [4.69, 9.17) is 10.5 Å². The molecule has 17 heavy (non-hydrogen) atoms. The van der Waals surface area contributed by atoms with E-state index in [1.165, 1.54) is 6.20 Å². The first-order valence-corrected chi connectivity index (χ1v) is 5.23. The number of nitrogens with one attached hydrogen (secondary N) is 1. The molecule has 3 N–H and O–H groups in total. The van der Waals surface area contributed by atoms with E-state index < -0.39 is 17.9 Å². The predicted octanol–water partition coefficient (Wildman–Crippen LogP) is 0.544. The van der Waals surface area contributed by atoms with Crippen LogP contribution in [-0.4, -0.2) is 29.5 Å². The van der Waals surface area contributed by atoms with Crippen molar-refractivity contribution in [3.8, 4) is 0 Å². The highest BCUT2D eigenvalue weighted by Crippen LogP contribution is 2.07. The van der Waals surface area contributed by atoms with Crippen molar-refractivity contribution < 1.29 is 14.3 Å². The number of pyridine rings is 1. The third kappa shape index (κ3) is 3.75. The van der Waals surface area contributed by atoms with Crippen LogP contribution in [0.25, 0.3) is 0 Å². The minimum atomic E-state index is -0.518. The van der Waals surface area contributed by atoms with Gasteiger partial charge in [-0.3, -0.25) is 4.79 Å². The highest BCUT2D eigenvalue weighted by Gasteiger charge is 2.10. The Labute approximate surface area is 99.2 Å². The van der Waals surface area contributed by atoms with E-state index in [0.717, 1.165) is 0 Å². The van der Waals surface area contributed by atoms with Gasteiger partial charge in [-0.25, -0.2) is 9.78 Å². The summed E-state index contributed by atoms with van der Waals surface area (Å²) in [4.78, 5) is 26.1. The largest absolute Gasteiger partial charge is 0.462 e. The molecule has 0 fully saturated rings. The van der Waals surface area contributed by atoms with Gasteiger partial charge in [0, 0.05) is 6.20 Å². The van der Waals surface area contributed by atoms with Crippen LogP contribution < -0.4 is 11.1 Å². The summed E-state index contributed by atoms with van der Waals surface area (Å²) in [7, 11) is 0. The molecule has 1 atom stereocenters. The number of nitrogens with two attached hydrogens (primary N) is 1. The molecule has 0 radical (unpaired) electrons. The molecule has 6 nitrogen and oxygen atoms in total. The third-order valence-corrected chi connectivity index (χ3v) is 2.07. The number of ether oxygens (including phenoxy) is 1. The highest BCUT2D eigenvalue weighted by atomic mass is 16.5. The van der Waals surface area contributed by atoms with Crippen molar-refractivity contribution in [3.63, 3.8) is 0 Å². The second-order valence-electron chi connectivity index (χ2n) is 3.42. The molecule has 0 aromatic carbocycles. The average Bonchev–Trinajstić information content (AvgIpc) is 2.30. The minimum absolute atomic E-state index is 0.317. The SMILES string of the molecule is CCOC(=O)c1ccc(NC(C)C(N)=O)nc1. The molecule has 6 heteroatoms. The number of esters is 1. The molecule has 1 unspecified atom stereocenters. The number of nitrogens with zero attached hydrogens (tertiary/aromatic N) is 1. The zero-order chi connectivity index (χ0) is 12.8. The van der Waals surface area contributed by atoms with Gasteiger partial charge >= 0.3 is 5.97 Å². The summed E-state index contributed by atoms with van der Waals surface area (Å²) in [5, 5.41) is 2.80. The Bertz CT molecular complexity index is 403. The monoisotopic (exact) mass is 237 g/mol. The fourth-order valence-corrected chi connectivity index (χ4v) is 1.11. The zero-order valence-electron chi connectivity index (χ0n) is 9.77. The Morgan fingerprint density at radius 1 is 1.53 bits per heavy atom. The van der Waals surface area contributed by atoms with Gasteiger partial charge < -0.3 is 15.8 Å². The standard InChI is InChI=1S/C11H15N3O3/c1-3-17-11(16)8-4-5-9(13-6-8)14-7(2)10(12)15/h4-7H,3H2,1-2H3,(H2,12,15)(H,13,14). The molecule has 92 valence electrons. The lowest BCUT2D eigenvalue weighted by Crippen LogP contribution is -2.32. The summed E-state index contributed by atoms with van der Waals surface area (Å²) in [5.74, 6) is -0.417. The maximum Gasteiger partial charge on any atom is 0.339 e. The summed E-state index contributed by atoms with van der Waals surface area (Å²) in [6, 6.07) is 2.64. The molecule has 1 aromatic rings. The number of anilines is 1. The fourth-order valence-electron chi connectivity index (χ4n) is 1.11. The number of aromatic nitrogens is 1. The van der Waals surface area contributed by atoms with Gasteiger partial charge in [0.2, 0.25) is 5.91 Å². The van der Waals surface area contributed by atoms with Crippen LogP contribution in [0.3, 0.4) is 0 Å². The van der Waals surface area contributed by atoms with Crippen molar-refractivity contribution in [2.24, 2.45) is 5.73 Å². The summed E-state index contributed by atoms with van der Waals surface area (Å²) in [5.41, 5.74) is 5.46. The van der Waals surface area contributed by atoms with E-state index in [1.807, 2.05) is 0 Å². The van der Waals surface area contributed by atoms with Gasteiger partial charge in [0.15, 0.2) is 0 Å². The lowest BCUT2D eigenvalue weighted by molar-refractivity contribution is -0.118. The van der Waals surface area contributed by atoms with Gasteiger partial charge in [-0.05, 0) is 26.0 Å². The molecule has 1 heterocycles. The number of hydrogen-bond acceptors (Lipinski definition) is 5. The van der Waals surface area contributed by atoms with Crippen LogP contribution in [0, 0.1) is 0 Å². The molecular weight excluding hydrogens is 222 g/mol. The second kappa shape index (κ2) is 5.83. The first-order valence-electron chi connectivity index (χ1n) is 5.23. The quantitative estimate of drug-likeness (QED) is 0.729. The maximum atomic E-state index is 11.3. The van der Waals surface area contributed by atoms with Gasteiger partial charge in [-0.15, -0.1) is 0 Å². The zero-order valence-corrected chi connectivity index (χ0v) is 9.77. The molecule has 0 saturated heterocycles. The molecule has 1 aromatic heterocycles. The lowest BCUT2D eigenvalue weighted by atomic mass is 10.2. The van der Waals surface area contributed by atoms with Crippen molar-refractivity contribution in [2.45, 2.75) is 19.9 Å². The number of rotatable bonds is 5. The topological polar surface area (TPSA) is 94.3 Å². The molecule has 0 aliphatic rings. The first-order chi connectivity index (χ1) is 8.04. The normalized spacial score (nSPS) is 11.6. The smallest absolute Gasteiger partial charge is 0.339 e. The number of carbonyl (C=O) groups excluding carboxylic acids is 2. The van der Waals surface area contributed by atoms with Crippen LogP contribution in [0.15, 0.2) is 18.3 Å². The van der Waals surface area contributed by atoms with Crippen molar-refractivity contribution in [1.82, 2.24) is 4.98 Å². The Morgan fingerprint density at radius 2 is 2.24 bits per heavy atom. The summed E-state index contributed by atoms with van der Waals surface area (Å²) in [6.45, 7) is 3.68. The van der Waals surface area contributed by atoms with Gasteiger partial charge in [0.25, 0.3) is 0 Å². The Hall–Kier alpha value is -2.11. The molecular formula is C11H15N3O3. The first kappa shape index (κ1) is 13.0. The Morgan fingerprint density at radius 3 is 2.71 bits per heavy atom. The van der Waals surface area contributed by atoms with E-state index in [-0.39, 0.29) is 0 Å². The molecule has 0 aliphatic heterocycles. The maximum absolute atomic E-state index is 11.3. The van der Waals surface area contributed by atoms with Crippen molar-refractivity contribution in [3.05, 3.63) is 23.9 Å². The van der Waals surface area contributed by atoms with E-state index in [2.05, 4.69) is 10.3 Å². The molecule has 0 saturated carbocycles. The summed E-state index contributed by atoms with van der Waals surface area (Å²) in [6.07, 6.45) is 1.38. The Balaban J connectivity index is 2.68. The second-order valence-corrected chi connectivity index (χ2v) is 3.42. The molecule has 1 rings (SSSR count). The van der Waals surface area contributed by atoms with Crippen LogP contribution in [0.1, 0.15) is 24.2 Å². The van der Waals surface area contributed by atoms with E-state index in [0.29, 0.717) is 18.0 Å². The van der Waals surface area contributed by atoms with Crippen molar-refractivity contribution >= 4 is 17.7 Å². The molecule has 0 aliphatic carbocycles. The lowest BCUT2D eigenvalue weighted by Gasteiger charge is -2.10. The number of amides is 1. The number of carbonyl (C=O) groups is 2. The van der Waals surface area contributed by atoms with Crippen LogP contribution in [0.2, 0.25) is 0 Å². The molecule has 0 bridgehead atoms. The van der Waals surface area contributed by atoms with Crippen molar-refractivity contribution in [2.75, 3.05) is 11.9 Å². The highest BCUT2D eigenvalue weighted by molar-refractivity contribution is 5.89. The summed E-state index contributed by atoms with van der Waals surface area (Å²) >= 11 is 0. The van der Waals surface area contributed by atoms with Crippen LogP contribution in [0.4, 0.5) is 5.82 Å². The fraction of sp³-hybridized carbons (Fsp3) is 0.364. The van der Waals surface area contributed by atoms with E-state index in [1.54, 1.807) is 26.0 Å².